The third kappa shape index (κ3) is 3.88. The molecule has 0 saturated heterocycles. The van der Waals surface area contributed by atoms with Crippen LogP contribution < -0.4 is 5.32 Å². The molecule has 6 rings (SSSR count). The van der Waals surface area contributed by atoms with Gasteiger partial charge in [0.1, 0.15) is 11.3 Å². The number of benzene rings is 1. The lowest BCUT2D eigenvalue weighted by atomic mass is 9.85. The summed E-state index contributed by atoms with van der Waals surface area (Å²) < 4.78 is 3.96. The molecule has 1 saturated carbocycles. The minimum Gasteiger partial charge on any atom is -0.349 e. The highest BCUT2D eigenvalue weighted by atomic mass is 16.1. The summed E-state index contributed by atoms with van der Waals surface area (Å²) in [6.07, 6.45) is 13.8. The molecule has 4 aromatic heterocycles. The van der Waals surface area contributed by atoms with Crippen LogP contribution in [-0.2, 0) is 6.54 Å². The Hall–Kier alpha value is -3.94. The number of amides is 1. The molecule has 1 aliphatic carbocycles. The summed E-state index contributed by atoms with van der Waals surface area (Å²) in [4.78, 5) is 17.4. The van der Waals surface area contributed by atoms with Gasteiger partial charge in [-0.25, -0.2) is 4.98 Å². The third-order valence-corrected chi connectivity index (χ3v) is 6.61. The summed E-state index contributed by atoms with van der Waals surface area (Å²) >= 11 is 0. The Morgan fingerprint density at radius 1 is 1.15 bits per heavy atom. The van der Waals surface area contributed by atoms with Crippen molar-refractivity contribution in [3.63, 3.8) is 0 Å². The minimum atomic E-state index is -0.0288. The Kier molecular flexibility index (Phi) is 4.90. The number of carbonyl (C=O) groups excluding carboxylic acids is 1. The number of aromatic amines is 1. The van der Waals surface area contributed by atoms with Crippen molar-refractivity contribution in [3.05, 3.63) is 72.9 Å². The van der Waals surface area contributed by atoms with Crippen LogP contribution in [0.2, 0.25) is 0 Å². The number of nitrogens with zero attached hydrogens (tertiary/aromatic N) is 5. The van der Waals surface area contributed by atoms with Gasteiger partial charge in [-0.05, 0) is 61.6 Å². The Morgan fingerprint density at radius 2 is 2.12 bits per heavy atom. The second-order valence-corrected chi connectivity index (χ2v) is 8.87. The van der Waals surface area contributed by atoms with E-state index in [-0.39, 0.29) is 11.9 Å². The number of hydrogen-bond donors (Lipinski definition) is 2. The number of carbonyl (C=O) groups is 1. The first kappa shape index (κ1) is 19.7. The molecule has 0 bridgehead atoms. The molecule has 0 radical (unpaired) electrons. The number of H-pyrrole nitrogens is 1. The van der Waals surface area contributed by atoms with Crippen LogP contribution in [0.15, 0.2) is 67.4 Å². The lowest BCUT2D eigenvalue weighted by Crippen LogP contribution is -2.39. The molecular formula is C25H25N7O. The van der Waals surface area contributed by atoms with Gasteiger partial charge in [0.2, 0.25) is 0 Å². The van der Waals surface area contributed by atoms with E-state index in [2.05, 4.69) is 25.6 Å². The van der Waals surface area contributed by atoms with Gasteiger partial charge >= 0.3 is 0 Å². The van der Waals surface area contributed by atoms with Crippen LogP contribution >= 0.6 is 0 Å². The molecule has 0 spiro atoms. The summed E-state index contributed by atoms with van der Waals surface area (Å²) in [6.45, 7) is 0.908. The maximum absolute atomic E-state index is 13.1. The van der Waals surface area contributed by atoms with E-state index in [0.29, 0.717) is 11.5 Å². The van der Waals surface area contributed by atoms with E-state index in [9.17, 15) is 4.79 Å². The van der Waals surface area contributed by atoms with E-state index in [1.165, 1.54) is 6.42 Å². The zero-order valence-corrected chi connectivity index (χ0v) is 18.2. The number of pyridine rings is 1. The van der Waals surface area contributed by atoms with Gasteiger partial charge in [0, 0.05) is 60.1 Å². The first-order valence-corrected chi connectivity index (χ1v) is 11.4. The van der Waals surface area contributed by atoms with Gasteiger partial charge in [0.05, 0.1) is 5.52 Å². The number of nitrogens with one attached hydrogen (secondary N) is 2. The smallest absolute Gasteiger partial charge is 0.251 e. The van der Waals surface area contributed by atoms with Crippen molar-refractivity contribution in [2.45, 2.75) is 38.3 Å². The van der Waals surface area contributed by atoms with Gasteiger partial charge in [-0.15, -0.1) is 0 Å². The van der Waals surface area contributed by atoms with Gasteiger partial charge in [0.25, 0.3) is 5.91 Å². The summed E-state index contributed by atoms with van der Waals surface area (Å²) in [7, 11) is 0. The van der Waals surface area contributed by atoms with Crippen molar-refractivity contribution in [1.82, 2.24) is 34.7 Å². The Bertz CT molecular complexity index is 1420. The summed E-state index contributed by atoms with van der Waals surface area (Å²) in [5.41, 5.74) is 4.24. The number of imidazole rings is 1. The van der Waals surface area contributed by atoms with Crippen LogP contribution in [-0.4, -0.2) is 41.3 Å². The molecule has 2 N–H and O–H groups in total. The number of hydrogen-bond acceptors (Lipinski definition) is 4. The molecule has 8 nitrogen and oxygen atoms in total. The van der Waals surface area contributed by atoms with Crippen LogP contribution in [0, 0.1) is 5.92 Å². The Morgan fingerprint density at radius 3 is 3.03 bits per heavy atom. The number of aromatic nitrogens is 6. The van der Waals surface area contributed by atoms with Crippen molar-refractivity contribution in [2.24, 2.45) is 5.92 Å². The lowest BCUT2D eigenvalue weighted by molar-refractivity contribution is 0.0917. The third-order valence-electron chi connectivity index (χ3n) is 6.61. The average Bonchev–Trinajstić information content (AvgIpc) is 3.59. The van der Waals surface area contributed by atoms with E-state index < -0.39 is 0 Å². The summed E-state index contributed by atoms with van der Waals surface area (Å²) in [5.74, 6) is 0.504. The first-order valence-electron chi connectivity index (χ1n) is 11.4. The fourth-order valence-electron chi connectivity index (χ4n) is 4.97. The molecule has 1 fully saturated rings. The second kappa shape index (κ2) is 8.20. The number of rotatable bonds is 5. The number of fused-ring (bicyclic) bond motifs is 2. The van der Waals surface area contributed by atoms with Gasteiger partial charge in [-0.2, -0.15) is 10.2 Å². The Labute approximate surface area is 190 Å². The summed E-state index contributed by atoms with van der Waals surface area (Å²) in [6, 6.07) is 11.8. The molecule has 2 unspecified atom stereocenters. The van der Waals surface area contributed by atoms with Crippen molar-refractivity contribution in [2.75, 3.05) is 0 Å². The van der Waals surface area contributed by atoms with Gasteiger partial charge < -0.3 is 9.72 Å². The molecule has 0 aliphatic heterocycles. The lowest BCUT2D eigenvalue weighted by Gasteiger charge is -2.29. The van der Waals surface area contributed by atoms with Gasteiger partial charge in [-0.1, -0.05) is 6.42 Å². The zero-order valence-electron chi connectivity index (χ0n) is 18.2. The fourth-order valence-corrected chi connectivity index (χ4v) is 4.97. The molecular weight excluding hydrogens is 414 g/mol. The molecule has 1 aliphatic rings. The molecule has 5 aromatic rings. The summed E-state index contributed by atoms with van der Waals surface area (Å²) in [5, 5.41) is 16.1. The monoisotopic (exact) mass is 439 g/mol. The van der Waals surface area contributed by atoms with E-state index >= 15 is 0 Å². The zero-order chi connectivity index (χ0) is 22.2. The first-order chi connectivity index (χ1) is 16.2. The van der Waals surface area contributed by atoms with Gasteiger partial charge in [0.15, 0.2) is 0 Å². The normalized spacial score (nSPS) is 18.7. The SMILES string of the molecule is O=C(NC1CCCC(Cn2cccn2)C1)c1ccc2[nH]nc(-c3ccc4nccn4c3)c2c1. The van der Waals surface area contributed by atoms with Gasteiger partial charge in [-0.3, -0.25) is 14.6 Å². The van der Waals surface area contributed by atoms with E-state index in [1.54, 1.807) is 6.20 Å². The predicted octanol–water partition coefficient (Wildman–Crippen LogP) is 4.06. The molecule has 4 heterocycles. The molecule has 8 heteroatoms. The van der Waals surface area contributed by atoms with Crippen molar-refractivity contribution in [1.29, 1.82) is 0 Å². The Balaban J connectivity index is 1.21. The largest absolute Gasteiger partial charge is 0.349 e. The molecule has 33 heavy (non-hydrogen) atoms. The van der Waals surface area contributed by atoms with Crippen molar-refractivity contribution in [3.8, 4) is 11.3 Å². The van der Waals surface area contributed by atoms with Crippen LogP contribution in [0.4, 0.5) is 0 Å². The highest BCUT2D eigenvalue weighted by Gasteiger charge is 2.24. The molecule has 2 atom stereocenters. The highest BCUT2D eigenvalue weighted by Crippen LogP contribution is 2.29. The molecule has 1 aromatic carbocycles. The standard InChI is InChI=1S/C25H25N7O/c33-25(28-20-4-1-3-17(13-20)15-32-11-2-9-27-32)18-5-7-22-21(14-18)24(30-29-22)19-6-8-23-26-10-12-31(23)16-19/h2,5-12,14,16-17,20H,1,3-4,13,15H2,(H,28,33)(H,29,30). The average molecular weight is 440 g/mol. The van der Waals surface area contributed by atoms with Crippen LogP contribution in [0.3, 0.4) is 0 Å². The van der Waals surface area contributed by atoms with E-state index in [1.807, 2.05) is 70.3 Å². The second-order valence-electron chi connectivity index (χ2n) is 8.87. The molecule has 166 valence electrons. The van der Waals surface area contributed by atoms with Crippen LogP contribution in [0.25, 0.3) is 27.8 Å². The highest BCUT2D eigenvalue weighted by molar-refractivity contribution is 6.01. The maximum Gasteiger partial charge on any atom is 0.251 e. The fraction of sp³-hybridized carbons (Fsp3) is 0.280. The topological polar surface area (TPSA) is 92.9 Å². The van der Waals surface area contributed by atoms with E-state index in [4.69, 9.17) is 0 Å². The molecule has 1 amide bonds. The minimum absolute atomic E-state index is 0.0288. The van der Waals surface area contributed by atoms with Crippen molar-refractivity contribution < 1.29 is 4.79 Å². The van der Waals surface area contributed by atoms with Crippen molar-refractivity contribution >= 4 is 22.5 Å². The quantitative estimate of drug-likeness (QED) is 0.432. The predicted molar refractivity (Wildman–Crippen MR) is 126 cm³/mol. The van der Waals surface area contributed by atoms with E-state index in [0.717, 1.165) is 53.6 Å². The van der Waals surface area contributed by atoms with Crippen LogP contribution in [0.1, 0.15) is 36.0 Å². The maximum atomic E-state index is 13.1. The van der Waals surface area contributed by atoms with Crippen LogP contribution in [0.5, 0.6) is 0 Å².